The monoisotopic (exact) mass is 232 g/mol. The fourth-order valence-corrected chi connectivity index (χ4v) is 1.20. The second-order valence-electron chi connectivity index (χ2n) is 2.63. The van der Waals surface area contributed by atoms with Gasteiger partial charge in [0.05, 0.1) is 20.0 Å². The Morgan fingerprint density at radius 1 is 1.20 bits per heavy atom. The van der Waals surface area contributed by atoms with Crippen molar-refractivity contribution in [2.75, 3.05) is 20.0 Å². The van der Waals surface area contributed by atoms with E-state index in [1.807, 2.05) is 30.3 Å². The fraction of sp³-hybridized carbons (Fsp3) is 0.400. The van der Waals surface area contributed by atoms with Crippen LogP contribution >= 0.6 is 0 Å². The van der Waals surface area contributed by atoms with Crippen molar-refractivity contribution in [3.05, 3.63) is 30.3 Å². The zero-order valence-corrected chi connectivity index (χ0v) is 9.95. The van der Waals surface area contributed by atoms with Crippen LogP contribution in [0.1, 0.15) is 6.92 Å². The van der Waals surface area contributed by atoms with Gasteiger partial charge in [-0.05, 0) is 19.1 Å². The summed E-state index contributed by atoms with van der Waals surface area (Å²) in [6.45, 7) is 1.85. The largest absolute Gasteiger partial charge is 0.497 e. The van der Waals surface area contributed by atoms with Crippen LogP contribution in [0.25, 0.3) is 0 Å². The molecule has 0 aromatic heterocycles. The minimum atomic E-state index is -3.17. The summed E-state index contributed by atoms with van der Waals surface area (Å²) in [5.74, 6) is 0.910. The molecular weight excluding hydrogens is 216 g/mol. The minimum Gasteiger partial charge on any atom is -0.497 e. The predicted molar refractivity (Wildman–Crippen MR) is 59.5 cm³/mol. The van der Waals surface area contributed by atoms with Gasteiger partial charge in [0.2, 0.25) is 0 Å². The summed E-state index contributed by atoms with van der Waals surface area (Å²) in [7, 11) is -1.51. The van der Waals surface area contributed by atoms with Crippen molar-refractivity contribution in [3.63, 3.8) is 0 Å². The van der Waals surface area contributed by atoms with Crippen LogP contribution in [0.5, 0.6) is 5.75 Å². The Morgan fingerprint density at radius 3 is 1.93 bits per heavy atom. The molecule has 4 nitrogen and oxygen atoms in total. The summed E-state index contributed by atoms with van der Waals surface area (Å²) in [5, 5.41) is 0. The van der Waals surface area contributed by atoms with Gasteiger partial charge in [0, 0.05) is 0 Å². The van der Waals surface area contributed by atoms with Crippen LogP contribution in [-0.4, -0.2) is 28.4 Å². The van der Waals surface area contributed by atoms with E-state index in [9.17, 15) is 8.42 Å². The predicted octanol–water partition coefficient (Wildman–Crippen LogP) is 1.68. The third kappa shape index (κ3) is 9.24. The minimum absolute atomic E-state index is 0.221. The lowest BCUT2D eigenvalue weighted by Gasteiger charge is -1.93. The number of benzene rings is 1. The number of rotatable bonds is 3. The van der Waals surface area contributed by atoms with Crippen molar-refractivity contribution in [1.82, 2.24) is 0 Å². The first-order chi connectivity index (χ1) is 6.99. The van der Waals surface area contributed by atoms with Crippen LogP contribution in [0, 0.1) is 0 Å². The number of para-hydroxylation sites is 1. The van der Waals surface area contributed by atoms with Crippen LogP contribution < -0.4 is 4.74 Å². The Hall–Kier alpha value is -1.07. The van der Waals surface area contributed by atoms with Gasteiger partial charge in [-0.2, -0.15) is 8.42 Å². The van der Waals surface area contributed by atoms with Crippen LogP contribution in [0.15, 0.2) is 30.3 Å². The summed E-state index contributed by atoms with van der Waals surface area (Å²) >= 11 is 0. The Bertz CT molecular complexity index is 345. The van der Waals surface area contributed by atoms with Crippen molar-refractivity contribution in [3.8, 4) is 5.75 Å². The number of methoxy groups -OCH3 is 1. The Kier molecular flexibility index (Phi) is 6.73. The molecule has 86 valence electrons. The van der Waals surface area contributed by atoms with Gasteiger partial charge in [-0.3, -0.25) is 4.18 Å². The molecule has 0 bridgehead atoms. The van der Waals surface area contributed by atoms with E-state index in [1.165, 1.54) is 0 Å². The first kappa shape index (κ1) is 13.9. The third-order valence-corrected chi connectivity index (χ3v) is 1.97. The fourth-order valence-electron chi connectivity index (χ4n) is 0.771. The standard InChI is InChI=1S/C7H8O.C3H8O3S/c1-8-7-5-3-2-4-6-7;1-3-6-7(2,4)5/h2-6H,1H3;3H2,1-2H3. The molecule has 0 saturated heterocycles. The highest BCUT2D eigenvalue weighted by Crippen LogP contribution is 2.05. The highest BCUT2D eigenvalue weighted by molar-refractivity contribution is 7.85. The summed E-state index contributed by atoms with van der Waals surface area (Å²) in [6.07, 6.45) is 1.02. The molecule has 0 spiro atoms. The molecule has 0 saturated carbocycles. The van der Waals surface area contributed by atoms with E-state index in [0.717, 1.165) is 12.0 Å². The molecule has 0 fully saturated rings. The molecule has 15 heavy (non-hydrogen) atoms. The van der Waals surface area contributed by atoms with Crippen LogP contribution in [0.4, 0.5) is 0 Å². The lowest BCUT2D eigenvalue weighted by atomic mass is 10.3. The molecule has 1 aromatic rings. The molecule has 1 aromatic carbocycles. The first-order valence-corrected chi connectivity index (χ1v) is 6.24. The number of ether oxygens (including phenoxy) is 1. The molecule has 0 aliphatic carbocycles. The second kappa shape index (κ2) is 7.25. The molecule has 0 radical (unpaired) electrons. The molecule has 0 heterocycles. The summed E-state index contributed by atoms with van der Waals surface area (Å²) in [4.78, 5) is 0. The molecule has 0 unspecified atom stereocenters. The molecule has 0 atom stereocenters. The van der Waals surface area contributed by atoms with Gasteiger partial charge >= 0.3 is 0 Å². The average Bonchev–Trinajstić information content (AvgIpc) is 2.18. The maximum Gasteiger partial charge on any atom is 0.264 e. The van der Waals surface area contributed by atoms with Gasteiger partial charge in [-0.15, -0.1) is 0 Å². The van der Waals surface area contributed by atoms with Crippen molar-refractivity contribution in [1.29, 1.82) is 0 Å². The van der Waals surface area contributed by atoms with Gasteiger partial charge in [-0.1, -0.05) is 18.2 Å². The SMILES string of the molecule is CCOS(C)(=O)=O.COc1ccccc1. The average molecular weight is 232 g/mol. The molecule has 0 N–H and O–H groups in total. The van der Waals surface area contributed by atoms with E-state index < -0.39 is 10.1 Å². The van der Waals surface area contributed by atoms with Crippen molar-refractivity contribution < 1.29 is 17.3 Å². The zero-order chi connectivity index (χ0) is 11.7. The lowest BCUT2D eigenvalue weighted by molar-refractivity contribution is 0.342. The lowest BCUT2D eigenvalue weighted by Crippen LogP contribution is -2.00. The molecule has 1 rings (SSSR count). The van der Waals surface area contributed by atoms with Gasteiger partial charge in [-0.25, -0.2) is 0 Å². The van der Waals surface area contributed by atoms with E-state index in [1.54, 1.807) is 14.0 Å². The topological polar surface area (TPSA) is 52.6 Å². The molecule has 0 aliphatic rings. The van der Waals surface area contributed by atoms with E-state index in [-0.39, 0.29) is 6.61 Å². The highest BCUT2D eigenvalue weighted by Gasteiger charge is 1.94. The zero-order valence-electron chi connectivity index (χ0n) is 9.14. The smallest absolute Gasteiger partial charge is 0.264 e. The Balaban J connectivity index is 0.000000265. The molecule has 5 heteroatoms. The third-order valence-electron chi connectivity index (χ3n) is 1.31. The van der Waals surface area contributed by atoms with E-state index >= 15 is 0 Å². The van der Waals surface area contributed by atoms with Crippen molar-refractivity contribution in [2.45, 2.75) is 6.92 Å². The maximum atomic E-state index is 10.0. The van der Waals surface area contributed by atoms with Gasteiger partial charge in [0.1, 0.15) is 5.75 Å². The number of hydrogen-bond acceptors (Lipinski definition) is 4. The molecular formula is C10H16O4S. The van der Waals surface area contributed by atoms with Crippen LogP contribution in [0.2, 0.25) is 0 Å². The Labute approximate surface area is 91.0 Å². The highest BCUT2D eigenvalue weighted by atomic mass is 32.2. The Morgan fingerprint density at radius 2 is 1.73 bits per heavy atom. The number of hydrogen-bond donors (Lipinski definition) is 0. The first-order valence-electron chi connectivity index (χ1n) is 4.43. The van der Waals surface area contributed by atoms with Crippen molar-refractivity contribution in [2.24, 2.45) is 0 Å². The van der Waals surface area contributed by atoms with Crippen molar-refractivity contribution >= 4 is 10.1 Å². The maximum absolute atomic E-state index is 10.0. The van der Waals surface area contributed by atoms with Gasteiger partial charge < -0.3 is 4.74 Å². The summed E-state index contributed by atoms with van der Waals surface area (Å²) < 4.78 is 29.1. The van der Waals surface area contributed by atoms with Gasteiger partial charge in [0.25, 0.3) is 10.1 Å². The second-order valence-corrected chi connectivity index (χ2v) is 4.27. The normalized spacial score (nSPS) is 10.1. The van der Waals surface area contributed by atoms with E-state index in [4.69, 9.17) is 4.74 Å². The van der Waals surface area contributed by atoms with Crippen LogP contribution in [0.3, 0.4) is 0 Å². The molecule has 0 aliphatic heterocycles. The summed E-state index contributed by atoms with van der Waals surface area (Å²) in [6, 6.07) is 9.68. The van der Waals surface area contributed by atoms with Gasteiger partial charge in [0.15, 0.2) is 0 Å². The van der Waals surface area contributed by atoms with Crippen LogP contribution in [-0.2, 0) is 14.3 Å². The van der Waals surface area contributed by atoms with E-state index in [2.05, 4.69) is 4.18 Å². The summed E-state index contributed by atoms with van der Waals surface area (Å²) in [5.41, 5.74) is 0. The van der Waals surface area contributed by atoms with E-state index in [0.29, 0.717) is 0 Å². The molecule has 0 amide bonds. The quantitative estimate of drug-likeness (QED) is 0.744.